The van der Waals surface area contributed by atoms with Crippen molar-refractivity contribution in [2.75, 3.05) is 27.2 Å². The summed E-state index contributed by atoms with van der Waals surface area (Å²) in [6.07, 6.45) is 6.82. The van der Waals surface area contributed by atoms with Crippen LogP contribution in [0.2, 0.25) is 0 Å². The van der Waals surface area contributed by atoms with Crippen LogP contribution in [0.15, 0.2) is 30.5 Å². The minimum absolute atomic E-state index is 0.321. The van der Waals surface area contributed by atoms with Crippen molar-refractivity contribution in [1.29, 1.82) is 0 Å². The SMILES string of the molecule is CN(C)C1CCN(C(=O)CCCc2c[nH]c3ccccc23)CC1. The first-order valence-electron chi connectivity index (χ1n) is 8.64. The second-order valence-electron chi connectivity index (χ2n) is 6.79. The van der Waals surface area contributed by atoms with Gasteiger partial charge in [-0.25, -0.2) is 0 Å². The smallest absolute Gasteiger partial charge is 0.222 e. The predicted molar refractivity (Wildman–Crippen MR) is 94.5 cm³/mol. The minimum Gasteiger partial charge on any atom is -0.361 e. The highest BCUT2D eigenvalue weighted by atomic mass is 16.2. The number of aromatic nitrogens is 1. The summed E-state index contributed by atoms with van der Waals surface area (Å²) in [6, 6.07) is 8.99. The molecule has 2 heterocycles. The van der Waals surface area contributed by atoms with Crippen LogP contribution in [0.5, 0.6) is 0 Å². The zero-order valence-corrected chi connectivity index (χ0v) is 14.2. The van der Waals surface area contributed by atoms with E-state index >= 15 is 0 Å². The van der Waals surface area contributed by atoms with Gasteiger partial charge in [-0.15, -0.1) is 0 Å². The molecule has 1 amide bonds. The molecule has 0 unspecified atom stereocenters. The van der Waals surface area contributed by atoms with E-state index in [0.717, 1.165) is 38.8 Å². The number of hydrogen-bond donors (Lipinski definition) is 1. The van der Waals surface area contributed by atoms with Gasteiger partial charge in [0.05, 0.1) is 0 Å². The maximum atomic E-state index is 12.4. The Balaban J connectivity index is 1.46. The molecule has 0 saturated carbocycles. The lowest BCUT2D eigenvalue weighted by atomic mass is 10.0. The van der Waals surface area contributed by atoms with E-state index in [4.69, 9.17) is 0 Å². The molecule has 0 aliphatic carbocycles. The number of para-hydroxylation sites is 1. The lowest BCUT2D eigenvalue weighted by molar-refractivity contribution is -0.132. The van der Waals surface area contributed by atoms with E-state index in [2.05, 4.69) is 53.3 Å². The number of aryl methyl sites for hydroxylation is 1. The summed E-state index contributed by atoms with van der Waals surface area (Å²) in [5.74, 6) is 0.321. The van der Waals surface area contributed by atoms with Crippen molar-refractivity contribution in [3.05, 3.63) is 36.0 Å². The molecule has 2 aromatic rings. The third-order valence-electron chi connectivity index (χ3n) is 5.06. The van der Waals surface area contributed by atoms with Gasteiger partial charge in [0, 0.05) is 42.7 Å². The molecule has 23 heavy (non-hydrogen) atoms. The van der Waals surface area contributed by atoms with E-state index in [1.165, 1.54) is 16.5 Å². The molecular weight excluding hydrogens is 286 g/mol. The molecule has 1 aromatic carbocycles. The highest BCUT2D eigenvalue weighted by Crippen LogP contribution is 2.20. The van der Waals surface area contributed by atoms with Gasteiger partial charge in [0.2, 0.25) is 5.91 Å². The van der Waals surface area contributed by atoms with Crippen LogP contribution in [0.3, 0.4) is 0 Å². The van der Waals surface area contributed by atoms with E-state index in [1.54, 1.807) is 0 Å². The van der Waals surface area contributed by atoms with Gasteiger partial charge in [0.25, 0.3) is 0 Å². The number of amides is 1. The molecule has 4 nitrogen and oxygen atoms in total. The summed E-state index contributed by atoms with van der Waals surface area (Å²) in [5, 5.41) is 1.28. The molecule has 1 fully saturated rings. The summed E-state index contributed by atoms with van der Waals surface area (Å²) in [7, 11) is 4.26. The maximum absolute atomic E-state index is 12.4. The summed E-state index contributed by atoms with van der Waals surface area (Å²) < 4.78 is 0. The molecule has 0 bridgehead atoms. The summed E-state index contributed by atoms with van der Waals surface area (Å²) in [6.45, 7) is 1.82. The molecule has 1 aliphatic heterocycles. The fourth-order valence-electron chi connectivity index (χ4n) is 3.56. The number of rotatable bonds is 5. The zero-order chi connectivity index (χ0) is 16.2. The van der Waals surface area contributed by atoms with E-state index in [-0.39, 0.29) is 0 Å². The lowest BCUT2D eigenvalue weighted by Gasteiger charge is -2.35. The summed E-state index contributed by atoms with van der Waals surface area (Å²) in [5.41, 5.74) is 2.50. The topological polar surface area (TPSA) is 39.3 Å². The van der Waals surface area contributed by atoms with Crippen molar-refractivity contribution >= 4 is 16.8 Å². The number of H-pyrrole nitrogens is 1. The maximum Gasteiger partial charge on any atom is 0.222 e. The Labute approximate surface area is 138 Å². The Morgan fingerprint density at radius 3 is 2.74 bits per heavy atom. The molecule has 0 atom stereocenters. The molecule has 0 radical (unpaired) electrons. The number of benzene rings is 1. The minimum atomic E-state index is 0.321. The molecule has 1 N–H and O–H groups in total. The number of hydrogen-bond acceptors (Lipinski definition) is 2. The second kappa shape index (κ2) is 7.18. The summed E-state index contributed by atoms with van der Waals surface area (Å²) in [4.78, 5) is 20.0. The number of carbonyl (C=O) groups excluding carboxylic acids is 1. The fraction of sp³-hybridized carbons (Fsp3) is 0.526. The van der Waals surface area contributed by atoms with Crippen molar-refractivity contribution in [3.8, 4) is 0 Å². The van der Waals surface area contributed by atoms with Gasteiger partial charge < -0.3 is 14.8 Å². The number of likely N-dealkylation sites (tertiary alicyclic amines) is 1. The van der Waals surface area contributed by atoms with Crippen LogP contribution in [-0.4, -0.2) is 53.9 Å². The number of nitrogens with one attached hydrogen (secondary N) is 1. The summed E-state index contributed by atoms with van der Waals surface area (Å²) >= 11 is 0. The fourth-order valence-corrected chi connectivity index (χ4v) is 3.56. The Kier molecular flexibility index (Phi) is 5.01. The van der Waals surface area contributed by atoms with Crippen LogP contribution >= 0.6 is 0 Å². The Hall–Kier alpha value is -1.81. The van der Waals surface area contributed by atoms with E-state index in [1.807, 2.05) is 6.07 Å². The van der Waals surface area contributed by atoms with Crippen LogP contribution in [0.4, 0.5) is 0 Å². The average molecular weight is 313 g/mol. The first-order chi connectivity index (χ1) is 11.1. The van der Waals surface area contributed by atoms with Gasteiger partial charge in [0.15, 0.2) is 0 Å². The highest BCUT2D eigenvalue weighted by molar-refractivity contribution is 5.83. The van der Waals surface area contributed by atoms with Crippen LogP contribution < -0.4 is 0 Å². The first-order valence-corrected chi connectivity index (χ1v) is 8.64. The molecular formula is C19H27N3O. The monoisotopic (exact) mass is 313 g/mol. The van der Waals surface area contributed by atoms with Gasteiger partial charge in [-0.2, -0.15) is 0 Å². The predicted octanol–water partition coefficient (Wildman–Crippen LogP) is 3.04. The van der Waals surface area contributed by atoms with Crippen LogP contribution in [-0.2, 0) is 11.2 Å². The van der Waals surface area contributed by atoms with E-state index < -0.39 is 0 Å². The Morgan fingerprint density at radius 1 is 1.26 bits per heavy atom. The van der Waals surface area contributed by atoms with E-state index in [9.17, 15) is 4.79 Å². The van der Waals surface area contributed by atoms with Gasteiger partial charge in [0.1, 0.15) is 0 Å². The second-order valence-corrected chi connectivity index (χ2v) is 6.79. The van der Waals surface area contributed by atoms with Crippen molar-refractivity contribution in [2.24, 2.45) is 0 Å². The number of piperidine rings is 1. The number of carbonyl (C=O) groups is 1. The average Bonchev–Trinajstić information content (AvgIpc) is 2.98. The third-order valence-corrected chi connectivity index (χ3v) is 5.06. The Bertz CT molecular complexity index is 653. The quantitative estimate of drug-likeness (QED) is 0.921. The molecule has 4 heteroatoms. The molecule has 1 aromatic heterocycles. The van der Waals surface area contributed by atoms with Crippen LogP contribution in [0.25, 0.3) is 10.9 Å². The highest BCUT2D eigenvalue weighted by Gasteiger charge is 2.23. The van der Waals surface area contributed by atoms with Crippen molar-refractivity contribution in [3.63, 3.8) is 0 Å². The van der Waals surface area contributed by atoms with E-state index in [0.29, 0.717) is 18.4 Å². The van der Waals surface area contributed by atoms with Crippen LogP contribution in [0.1, 0.15) is 31.2 Å². The molecule has 0 spiro atoms. The van der Waals surface area contributed by atoms with Crippen molar-refractivity contribution in [1.82, 2.24) is 14.8 Å². The zero-order valence-electron chi connectivity index (χ0n) is 14.2. The van der Waals surface area contributed by atoms with Gasteiger partial charge in [-0.05, 0) is 51.4 Å². The molecule has 3 rings (SSSR count). The van der Waals surface area contributed by atoms with Crippen LogP contribution in [0, 0.1) is 0 Å². The van der Waals surface area contributed by atoms with Gasteiger partial charge >= 0.3 is 0 Å². The van der Waals surface area contributed by atoms with Crippen molar-refractivity contribution in [2.45, 2.75) is 38.1 Å². The number of fused-ring (bicyclic) bond motifs is 1. The largest absolute Gasteiger partial charge is 0.361 e. The normalized spacial score (nSPS) is 16.4. The first kappa shape index (κ1) is 16.1. The van der Waals surface area contributed by atoms with Gasteiger partial charge in [-0.1, -0.05) is 18.2 Å². The third kappa shape index (κ3) is 3.75. The standard InChI is InChI=1S/C19H27N3O/c1-21(2)16-10-12-22(13-11-16)19(23)9-5-6-15-14-20-18-8-4-3-7-17(15)18/h3-4,7-8,14,16,20H,5-6,9-13H2,1-2H3. The van der Waals surface area contributed by atoms with Gasteiger partial charge in [-0.3, -0.25) is 4.79 Å². The molecule has 124 valence electrons. The molecule has 1 aliphatic rings. The Morgan fingerprint density at radius 2 is 2.00 bits per heavy atom. The van der Waals surface area contributed by atoms with Crippen molar-refractivity contribution < 1.29 is 4.79 Å². The number of nitrogens with zero attached hydrogens (tertiary/aromatic N) is 2. The number of aromatic amines is 1. The molecule has 1 saturated heterocycles. The lowest BCUT2D eigenvalue weighted by Crippen LogP contribution is -2.44.